The zero-order valence-corrected chi connectivity index (χ0v) is 12.3. The molecule has 2 aromatic rings. The molecule has 0 fully saturated rings. The zero-order chi connectivity index (χ0) is 15.5. The third-order valence-electron chi connectivity index (χ3n) is 3.13. The Balaban J connectivity index is 0.000000491. The summed E-state index contributed by atoms with van der Waals surface area (Å²) in [6.07, 6.45) is 3.31. The molecule has 0 amide bonds. The van der Waals surface area contributed by atoms with Crippen molar-refractivity contribution in [2.75, 3.05) is 0 Å². The number of carbonyl (C=O) groups is 1. The summed E-state index contributed by atoms with van der Waals surface area (Å²) >= 11 is 0. The molecule has 2 N–H and O–H groups in total. The van der Waals surface area contributed by atoms with Gasteiger partial charge in [-0.1, -0.05) is 74.4 Å². The lowest BCUT2D eigenvalue weighted by Gasteiger charge is -2.04. The number of benzene rings is 2. The van der Waals surface area contributed by atoms with Crippen molar-refractivity contribution in [1.82, 2.24) is 0 Å². The number of hydrogen-bond donors (Lipinski definition) is 2. The minimum absolute atomic E-state index is 1.21. The molecule has 2 rings (SSSR count). The molecule has 0 heterocycles. The predicted molar refractivity (Wildman–Crippen MR) is 85.8 cm³/mol. The molecule has 0 aromatic heterocycles. The Hall–Kier alpha value is -2.29. The van der Waals surface area contributed by atoms with Gasteiger partial charge in [-0.15, -0.1) is 0 Å². The van der Waals surface area contributed by atoms with Gasteiger partial charge in [-0.2, -0.15) is 0 Å². The Morgan fingerprint density at radius 3 is 1.90 bits per heavy atom. The summed E-state index contributed by atoms with van der Waals surface area (Å²) in [5.41, 5.74) is 4.07. The van der Waals surface area contributed by atoms with Crippen LogP contribution in [0.5, 0.6) is 0 Å². The van der Waals surface area contributed by atoms with Gasteiger partial charge in [-0.3, -0.25) is 0 Å². The van der Waals surface area contributed by atoms with E-state index in [1.165, 1.54) is 42.4 Å². The molecule has 0 aliphatic rings. The quantitative estimate of drug-likeness (QED) is 0.732. The van der Waals surface area contributed by atoms with Crippen molar-refractivity contribution in [3.8, 4) is 11.1 Å². The first-order valence-electron chi connectivity index (χ1n) is 7.19. The SMILES string of the molecule is CCCCCc1ccc(-c2ccccc2)cc1.O=C(O)O. The number of carboxylic acid groups (broad SMARTS) is 2. The summed E-state index contributed by atoms with van der Waals surface area (Å²) in [5, 5.41) is 13.9. The maximum Gasteiger partial charge on any atom is 0.503 e. The lowest BCUT2D eigenvalue weighted by atomic mass is 10.0. The fraction of sp³-hybridized carbons (Fsp3) is 0.278. The minimum Gasteiger partial charge on any atom is -0.450 e. The van der Waals surface area contributed by atoms with Crippen molar-refractivity contribution >= 4 is 6.16 Å². The number of aryl methyl sites for hydroxylation is 1. The summed E-state index contributed by atoms with van der Waals surface area (Å²) in [6.45, 7) is 2.25. The first kappa shape index (κ1) is 16.8. The molecule has 0 saturated carbocycles. The molecule has 3 nitrogen and oxygen atoms in total. The first-order valence-corrected chi connectivity index (χ1v) is 7.19. The standard InChI is InChI=1S/C17H20.CH2O3/c1-2-3-5-8-15-11-13-17(14-12-15)16-9-6-4-7-10-16;2-1(3)4/h4,6-7,9-14H,2-3,5,8H2,1H3;(H2,2,3,4). The first-order chi connectivity index (χ1) is 10.1. The molecule has 21 heavy (non-hydrogen) atoms. The van der Waals surface area contributed by atoms with Gasteiger partial charge in [0, 0.05) is 0 Å². The molecule has 0 bridgehead atoms. The van der Waals surface area contributed by atoms with Crippen LogP contribution in [-0.2, 0) is 6.42 Å². The van der Waals surface area contributed by atoms with Crippen molar-refractivity contribution < 1.29 is 15.0 Å². The lowest BCUT2D eigenvalue weighted by Crippen LogP contribution is -1.85. The van der Waals surface area contributed by atoms with E-state index in [0.717, 1.165) is 0 Å². The van der Waals surface area contributed by atoms with E-state index in [-0.39, 0.29) is 0 Å². The van der Waals surface area contributed by atoms with E-state index in [9.17, 15) is 0 Å². The highest BCUT2D eigenvalue weighted by Gasteiger charge is 1.97. The van der Waals surface area contributed by atoms with Crippen molar-refractivity contribution in [1.29, 1.82) is 0 Å². The maximum absolute atomic E-state index is 8.56. The monoisotopic (exact) mass is 286 g/mol. The Bertz CT molecular complexity index is 514. The van der Waals surface area contributed by atoms with E-state index in [2.05, 4.69) is 61.5 Å². The summed E-state index contributed by atoms with van der Waals surface area (Å²) in [4.78, 5) is 8.56. The maximum atomic E-state index is 8.56. The van der Waals surface area contributed by atoms with E-state index in [1.54, 1.807) is 0 Å². The van der Waals surface area contributed by atoms with Crippen LogP contribution in [0.15, 0.2) is 54.6 Å². The Morgan fingerprint density at radius 2 is 1.38 bits per heavy atom. The highest BCUT2D eigenvalue weighted by molar-refractivity contribution is 5.63. The molecule has 0 saturated heterocycles. The van der Waals surface area contributed by atoms with Crippen LogP contribution in [0.3, 0.4) is 0 Å². The summed E-state index contributed by atoms with van der Waals surface area (Å²) in [7, 11) is 0. The van der Waals surface area contributed by atoms with Gasteiger partial charge < -0.3 is 10.2 Å². The molecular formula is C18H22O3. The Kier molecular flexibility index (Phi) is 7.65. The van der Waals surface area contributed by atoms with Gasteiger partial charge in [0.1, 0.15) is 0 Å². The molecule has 0 spiro atoms. The van der Waals surface area contributed by atoms with Gasteiger partial charge in [-0.05, 0) is 29.5 Å². The fourth-order valence-corrected chi connectivity index (χ4v) is 2.07. The average Bonchev–Trinajstić information content (AvgIpc) is 2.49. The van der Waals surface area contributed by atoms with Crippen molar-refractivity contribution in [2.45, 2.75) is 32.6 Å². The lowest BCUT2D eigenvalue weighted by molar-refractivity contribution is 0.137. The Morgan fingerprint density at radius 1 is 0.857 bits per heavy atom. The van der Waals surface area contributed by atoms with E-state index >= 15 is 0 Å². The van der Waals surface area contributed by atoms with E-state index in [1.807, 2.05) is 0 Å². The van der Waals surface area contributed by atoms with Crippen LogP contribution in [0.25, 0.3) is 11.1 Å². The second-order valence-corrected chi connectivity index (χ2v) is 4.80. The molecule has 112 valence electrons. The highest BCUT2D eigenvalue weighted by atomic mass is 16.6. The van der Waals surface area contributed by atoms with E-state index < -0.39 is 6.16 Å². The highest BCUT2D eigenvalue weighted by Crippen LogP contribution is 2.19. The van der Waals surface area contributed by atoms with E-state index in [0.29, 0.717) is 0 Å². The van der Waals surface area contributed by atoms with Crippen LogP contribution < -0.4 is 0 Å². The van der Waals surface area contributed by atoms with Crippen LogP contribution in [0.1, 0.15) is 31.7 Å². The van der Waals surface area contributed by atoms with E-state index in [4.69, 9.17) is 15.0 Å². The molecule has 2 aromatic carbocycles. The van der Waals surface area contributed by atoms with Gasteiger partial charge in [0.05, 0.1) is 0 Å². The molecular weight excluding hydrogens is 264 g/mol. The molecule has 0 aliphatic carbocycles. The second kappa shape index (κ2) is 9.59. The second-order valence-electron chi connectivity index (χ2n) is 4.80. The molecule has 0 radical (unpaired) electrons. The smallest absolute Gasteiger partial charge is 0.450 e. The third-order valence-corrected chi connectivity index (χ3v) is 3.13. The normalized spacial score (nSPS) is 9.57. The molecule has 0 unspecified atom stereocenters. The molecule has 0 atom stereocenters. The van der Waals surface area contributed by atoms with Gasteiger partial charge in [0.25, 0.3) is 0 Å². The minimum atomic E-state index is -1.83. The van der Waals surface area contributed by atoms with Gasteiger partial charge >= 0.3 is 6.16 Å². The van der Waals surface area contributed by atoms with Crippen LogP contribution in [0.2, 0.25) is 0 Å². The summed E-state index contributed by atoms with van der Waals surface area (Å²) < 4.78 is 0. The van der Waals surface area contributed by atoms with Crippen LogP contribution in [0.4, 0.5) is 4.79 Å². The topological polar surface area (TPSA) is 57.5 Å². The average molecular weight is 286 g/mol. The number of unbranched alkanes of at least 4 members (excludes halogenated alkanes) is 2. The van der Waals surface area contributed by atoms with Gasteiger partial charge in [-0.25, -0.2) is 4.79 Å². The van der Waals surface area contributed by atoms with Crippen LogP contribution in [-0.4, -0.2) is 16.4 Å². The molecule has 3 heteroatoms. The number of hydrogen-bond acceptors (Lipinski definition) is 1. The Labute approximate surface area is 125 Å². The molecule has 0 aliphatic heterocycles. The van der Waals surface area contributed by atoms with Gasteiger partial charge in [0.15, 0.2) is 0 Å². The zero-order valence-electron chi connectivity index (χ0n) is 12.3. The van der Waals surface area contributed by atoms with Crippen molar-refractivity contribution in [3.63, 3.8) is 0 Å². The van der Waals surface area contributed by atoms with Crippen molar-refractivity contribution in [3.05, 3.63) is 60.2 Å². The summed E-state index contributed by atoms with van der Waals surface area (Å²) in [6, 6.07) is 19.5. The number of rotatable bonds is 5. The fourth-order valence-electron chi connectivity index (χ4n) is 2.07. The van der Waals surface area contributed by atoms with Crippen LogP contribution in [0, 0.1) is 0 Å². The van der Waals surface area contributed by atoms with Crippen LogP contribution >= 0.6 is 0 Å². The third kappa shape index (κ3) is 7.16. The largest absolute Gasteiger partial charge is 0.503 e. The van der Waals surface area contributed by atoms with Crippen molar-refractivity contribution in [2.24, 2.45) is 0 Å². The van der Waals surface area contributed by atoms with Gasteiger partial charge in [0.2, 0.25) is 0 Å². The predicted octanol–water partition coefficient (Wildman–Crippen LogP) is 5.31. The summed E-state index contributed by atoms with van der Waals surface area (Å²) in [5.74, 6) is 0.